The molecule has 4 aliphatic rings. The lowest BCUT2D eigenvalue weighted by Gasteiger charge is -2.43. The van der Waals surface area contributed by atoms with Gasteiger partial charge in [-0.05, 0) is 56.4 Å². The Balaban J connectivity index is 1.10. The minimum absolute atomic E-state index is 0.105. The monoisotopic (exact) mass is 464 g/mol. The van der Waals surface area contributed by atoms with Crippen molar-refractivity contribution in [1.82, 2.24) is 20.1 Å². The maximum Gasteiger partial charge on any atom is 0.255 e. The molecule has 1 unspecified atom stereocenters. The Kier molecular flexibility index (Phi) is 5.17. The summed E-state index contributed by atoms with van der Waals surface area (Å²) in [5, 5.41) is 2.34. The van der Waals surface area contributed by atoms with Crippen molar-refractivity contribution in [1.29, 1.82) is 0 Å². The predicted molar refractivity (Wildman–Crippen MR) is 120 cm³/mol. The molecule has 1 aromatic heterocycles. The third kappa shape index (κ3) is 3.68. The first-order valence-electron chi connectivity index (χ1n) is 12.1. The van der Waals surface area contributed by atoms with Crippen LogP contribution in [-0.2, 0) is 16.1 Å². The smallest absolute Gasteiger partial charge is 0.255 e. The number of oxazole rings is 1. The number of carbonyl (C=O) groups is 3. The summed E-state index contributed by atoms with van der Waals surface area (Å²) in [6.45, 7) is 4.14. The fraction of sp³-hybridized carbons (Fsp3) is 0.520. The van der Waals surface area contributed by atoms with Gasteiger partial charge in [0, 0.05) is 37.7 Å². The topological polar surface area (TPSA) is 105 Å². The van der Waals surface area contributed by atoms with Gasteiger partial charge in [0.05, 0.1) is 12.1 Å². The summed E-state index contributed by atoms with van der Waals surface area (Å²) in [6.07, 6.45) is 5.73. The summed E-state index contributed by atoms with van der Waals surface area (Å²) in [4.78, 5) is 45.1. The molecule has 1 saturated carbocycles. The summed E-state index contributed by atoms with van der Waals surface area (Å²) < 4.78 is 12.1. The minimum atomic E-state index is -0.604. The molecule has 3 atom stereocenters. The van der Waals surface area contributed by atoms with E-state index in [4.69, 9.17) is 9.15 Å². The van der Waals surface area contributed by atoms with Gasteiger partial charge in [0.15, 0.2) is 5.89 Å². The first kappa shape index (κ1) is 21.3. The fourth-order valence-corrected chi connectivity index (χ4v) is 5.76. The van der Waals surface area contributed by atoms with Gasteiger partial charge in [0.1, 0.15) is 23.7 Å². The van der Waals surface area contributed by atoms with Gasteiger partial charge in [-0.1, -0.05) is 0 Å². The Labute approximate surface area is 197 Å². The standard InChI is InChI=1S/C25H28N4O5/c1-14-10-26-24(33-14)16-11-28(12-16)19-3-2-4-21(19)34-17-5-6-18-15(9-17)13-29(25(18)32)20-7-8-22(30)27-23(20)31/h5-6,9-10,16,19-21H,2-4,7-8,11-13H2,1H3,(H,27,30,31)/t19-,20?,21-/m1/s1. The highest BCUT2D eigenvalue weighted by Crippen LogP contribution is 2.37. The van der Waals surface area contributed by atoms with E-state index in [0.29, 0.717) is 30.5 Å². The molecule has 4 heterocycles. The molecule has 2 saturated heterocycles. The van der Waals surface area contributed by atoms with Gasteiger partial charge < -0.3 is 14.1 Å². The fourth-order valence-electron chi connectivity index (χ4n) is 5.76. The second kappa shape index (κ2) is 8.23. The maximum absolute atomic E-state index is 12.9. The zero-order valence-corrected chi connectivity index (χ0v) is 19.2. The molecule has 2 aromatic rings. The number of likely N-dealkylation sites (tertiary alicyclic amines) is 1. The van der Waals surface area contributed by atoms with E-state index >= 15 is 0 Å². The van der Waals surface area contributed by atoms with Gasteiger partial charge in [-0.15, -0.1) is 0 Å². The number of piperidine rings is 1. The number of imide groups is 1. The predicted octanol–water partition coefficient (Wildman–Crippen LogP) is 2.14. The molecular weight excluding hydrogens is 436 g/mol. The van der Waals surface area contributed by atoms with Crippen LogP contribution in [0, 0.1) is 6.92 Å². The van der Waals surface area contributed by atoms with Gasteiger partial charge in [-0.2, -0.15) is 0 Å². The normalized spacial score (nSPS) is 27.6. The lowest BCUT2D eigenvalue weighted by molar-refractivity contribution is -0.136. The highest BCUT2D eigenvalue weighted by atomic mass is 16.5. The van der Waals surface area contributed by atoms with Crippen LogP contribution in [0.3, 0.4) is 0 Å². The average Bonchev–Trinajstić information content (AvgIpc) is 3.48. The van der Waals surface area contributed by atoms with Crippen LogP contribution in [0.4, 0.5) is 0 Å². The molecule has 1 N–H and O–H groups in total. The average molecular weight is 465 g/mol. The first-order valence-corrected chi connectivity index (χ1v) is 12.1. The van der Waals surface area contributed by atoms with E-state index in [1.54, 1.807) is 17.2 Å². The number of aryl methyl sites for hydroxylation is 1. The largest absolute Gasteiger partial charge is 0.489 e. The number of nitrogens with one attached hydrogen (secondary N) is 1. The zero-order chi connectivity index (χ0) is 23.4. The quantitative estimate of drug-likeness (QED) is 0.676. The number of fused-ring (bicyclic) bond motifs is 1. The van der Waals surface area contributed by atoms with E-state index in [-0.39, 0.29) is 24.3 Å². The minimum Gasteiger partial charge on any atom is -0.489 e. The van der Waals surface area contributed by atoms with E-state index in [1.807, 2.05) is 19.1 Å². The van der Waals surface area contributed by atoms with Crippen molar-refractivity contribution < 1.29 is 23.5 Å². The first-order chi connectivity index (χ1) is 16.5. The van der Waals surface area contributed by atoms with E-state index in [9.17, 15) is 14.4 Å². The van der Waals surface area contributed by atoms with Crippen LogP contribution in [-0.4, -0.2) is 63.8 Å². The number of rotatable bonds is 5. The van der Waals surface area contributed by atoms with Crippen LogP contribution < -0.4 is 10.1 Å². The third-order valence-electron chi connectivity index (χ3n) is 7.57. The summed E-state index contributed by atoms with van der Waals surface area (Å²) in [6, 6.07) is 5.35. The van der Waals surface area contributed by atoms with Crippen molar-refractivity contribution in [3.63, 3.8) is 0 Å². The van der Waals surface area contributed by atoms with Crippen LogP contribution in [0.15, 0.2) is 28.8 Å². The summed E-state index contributed by atoms with van der Waals surface area (Å²) in [7, 11) is 0. The number of carbonyl (C=O) groups excluding carboxylic acids is 3. The van der Waals surface area contributed by atoms with Crippen molar-refractivity contribution in [2.45, 2.75) is 69.7 Å². The molecule has 3 amide bonds. The third-order valence-corrected chi connectivity index (χ3v) is 7.57. The zero-order valence-electron chi connectivity index (χ0n) is 19.2. The van der Waals surface area contributed by atoms with E-state index in [1.165, 1.54) is 0 Å². The van der Waals surface area contributed by atoms with Crippen LogP contribution in [0.25, 0.3) is 0 Å². The van der Waals surface area contributed by atoms with E-state index in [0.717, 1.165) is 55.3 Å². The van der Waals surface area contributed by atoms with Crippen LogP contribution in [0.2, 0.25) is 0 Å². The second-order valence-corrected chi connectivity index (χ2v) is 9.83. The number of amides is 3. The number of hydrogen-bond acceptors (Lipinski definition) is 7. The summed E-state index contributed by atoms with van der Waals surface area (Å²) in [5.74, 6) is 1.94. The molecule has 9 heteroatoms. The Morgan fingerprint density at radius 1 is 1.15 bits per heavy atom. The number of benzene rings is 1. The van der Waals surface area contributed by atoms with E-state index in [2.05, 4.69) is 15.2 Å². The summed E-state index contributed by atoms with van der Waals surface area (Å²) >= 11 is 0. The number of hydrogen-bond donors (Lipinski definition) is 1. The number of ether oxygens (including phenoxy) is 1. The molecule has 3 fully saturated rings. The lowest BCUT2D eigenvalue weighted by Crippen LogP contribution is -2.54. The van der Waals surface area contributed by atoms with E-state index < -0.39 is 11.9 Å². The molecule has 6 rings (SSSR count). The second-order valence-electron chi connectivity index (χ2n) is 9.83. The Bertz CT molecular complexity index is 1150. The molecule has 1 aromatic carbocycles. The molecular formula is C25H28N4O5. The van der Waals surface area contributed by atoms with Crippen molar-refractivity contribution in [3.05, 3.63) is 47.2 Å². The number of nitrogens with zero attached hydrogens (tertiary/aromatic N) is 3. The van der Waals surface area contributed by atoms with Gasteiger partial charge in [0.2, 0.25) is 11.8 Å². The molecule has 0 spiro atoms. The van der Waals surface area contributed by atoms with Gasteiger partial charge in [0.25, 0.3) is 5.91 Å². The van der Waals surface area contributed by atoms with Crippen molar-refractivity contribution in [2.24, 2.45) is 0 Å². The number of aromatic nitrogens is 1. The summed E-state index contributed by atoms with van der Waals surface area (Å²) in [5.41, 5.74) is 1.47. The lowest BCUT2D eigenvalue weighted by atomic mass is 9.96. The highest BCUT2D eigenvalue weighted by Gasteiger charge is 2.43. The Morgan fingerprint density at radius 3 is 2.76 bits per heavy atom. The van der Waals surface area contributed by atoms with Gasteiger partial charge in [-0.3, -0.25) is 24.6 Å². The van der Waals surface area contributed by atoms with Crippen molar-refractivity contribution in [2.75, 3.05) is 13.1 Å². The van der Waals surface area contributed by atoms with Crippen molar-refractivity contribution in [3.8, 4) is 5.75 Å². The van der Waals surface area contributed by atoms with Gasteiger partial charge in [-0.25, -0.2) is 4.98 Å². The highest BCUT2D eigenvalue weighted by molar-refractivity contribution is 6.05. The molecule has 0 bridgehead atoms. The molecule has 3 aliphatic heterocycles. The molecule has 9 nitrogen and oxygen atoms in total. The SMILES string of the molecule is Cc1cnc(C2CN([C@@H]3CCC[C@H]3Oc3ccc4c(c3)CN(C3CCC(=O)NC3=O)C4=O)C2)o1. The maximum atomic E-state index is 12.9. The van der Waals surface area contributed by atoms with Crippen LogP contribution in [0.5, 0.6) is 5.75 Å². The Morgan fingerprint density at radius 2 is 2.00 bits per heavy atom. The van der Waals surface area contributed by atoms with Crippen LogP contribution >= 0.6 is 0 Å². The molecule has 1 aliphatic carbocycles. The van der Waals surface area contributed by atoms with Crippen molar-refractivity contribution >= 4 is 17.7 Å². The Hall–Kier alpha value is -3.20. The van der Waals surface area contributed by atoms with Crippen LogP contribution in [0.1, 0.15) is 65.6 Å². The molecule has 34 heavy (non-hydrogen) atoms. The molecule has 178 valence electrons. The molecule has 0 radical (unpaired) electrons. The van der Waals surface area contributed by atoms with Gasteiger partial charge >= 0.3 is 0 Å².